The molecule has 0 saturated carbocycles. The maximum absolute atomic E-state index is 2.36. The molecule has 1 aliphatic rings. The molecule has 0 fully saturated rings. The van der Waals surface area contributed by atoms with E-state index >= 15 is 0 Å². The average Bonchev–Trinajstić information content (AvgIpc) is 2.37. The van der Waals surface area contributed by atoms with Gasteiger partial charge < -0.3 is 0 Å². The predicted octanol–water partition coefficient (Wildman–Crippen LogP) is 6.54. The Bertz CT molecular complexity index is 476. The highest BCUT2D eigenvalue weighted by atomic mass is 14.3. The smallest absolute Gasteiger partial charge is 0.0104 e. The Hall–Kier alpha value is -1.30. The zero-order chi connectivity index (χ0) is 15.2. The molecule has 0 atom stereocenters. The monoisotopic (exact) mass is 270 g/mol. The third kappa shape index (κ3) is 5.00. The summed E-state index contributed by atoms with van der Waals surface area (Å²) in [6.07, 6.45) is 17.0. The molecule has 0 bridgehead atoms. The minimum absolute atomic E-state index is 0.330. The van der Waals surface area contributed by atoms with Crippen LogP contribution in [0.3, 0.4) is 0 Å². The minimum atomic E-state index is 0.330. The van der Waals surface area contributed by atoms with Crippen LogP contribution < -0.4 is 0 Å². The van der Waals surface area contributed by atoms with Crippen LogP contribution in [0, 0.1) is 5.41 Å². The lowest BCUT2D eigenvalue weighted by Gasteiger charge is -2.32. The van der Waals surface area contributed by atoms with Gasteiger partial charge in [-0.15, -0.1) is 0 Å². The van der Waals surface area contributed by atoms with Crippen molar-refractivity contribution in [1.82, 2.24) is 0 Å². The van der Waals surface area contributed by atoms with Gasteiger partial charge in [-0.25, -0.2) is 0 Å². The van der Waals surface area contributed by atoms with Crippen molar-refractivity contribution in [2.75, 3.05) is 0 Å². The molecule has 0 aromatic heterocycles. The van der Waals surface area contributed by atoms with Gasteiger partial charge in [-0.1, -0.05) is 67.0 Å². The summed E-state index contributed by atoms with van der Waals surface area (Å²) in [6, 6.07) is 0. The molecule has 0 nitrogen and oxygen atoms in total. The third-order valence-electron chi connectivity index (χ3n) is 4.23. The van der Waals surface area contributed by atoms with E-state index in [4.69, 9.17) is 0 Å². The lowest BCUT2D eigenvalue weighted by molar-refractivity contribution is 0.377. The molecule has 1 aliphatic carbocycles. The van der Waals surface area contributed by atoms with E-state index in [9.17, 15) is 0 Å². The molecule has 0 radical (unpaired) electrons. The van der Waals surface area contributed by atoms with Crippen molar-refractivity contribution in [3.8, 4) is 0 Å². The van der Waals surface area contributed by atoms with Crippen LogP contribution in [-0.2, 0) is 0 Å². The second kappa shape index (κ2) is 7.47. The highest BCUT2D eigenvalue weighted by Crippen LogP contribution is 2.40. The molecule has 0 amide bonds. The van der Waals surface area contributed by atoms with Crippen molar-refractivity contribution in [3.63, 3.8) is 0 Å². The van der Waals surface area contributed by atoms with Gasteiger partial charge in [0.05, 0.1) is 0 Å². The van der Waals surface area contributed by atoms with Gasteiger partial charge in [-0.3, -0.25) is 0 Å². The first kappa shape index (κ1) is 16.8. The first-order valence-corrected chi connectivity index (χ1v) is 7.73. The van der Waals surface area contributed by atoms with Gasteiger partial charge in [0.2, 0.25) is 0 Å². The summed E-state index contributed by atoms with van der Waals surface area (Å²) in [5.74, 6) is 0. The Morgan fingerprint density at radius 1 is 1.10 bits per heavy atom. The van der Waals surface area contributed by atoms with E-state index in [0.717, 1.165) is 0 Å². The highest BCUT2D eigenvalue weighted by Gasteiger charge is 2.26. The van der Waals surface area contributed by atoms with Gasteiger partial charge in [-0.2, -0.15) is 0 Å². The van der Waals surface area contributed by atoms with Crippen molar-refractivity contribution < 1.29 is 0 Å². The fourth-order valence-corrected chi connectivity index (χ4v) is 2.73. The first-order chi connectivity index (χ1) is 9.36. The zero-order valence-electron chi connectivity index (χ0n) is 14.1. The normalized spacial score (nSPS) is 21.3. The van der Waals surface area contributed by atoms with Crippen LogP contribution in [0.2, 0.25) is 0 Å². The predicted molar refractivity (Wildman–Crippen MR) is 91.8 cm³/mol. The van der Waals surface area contributed by atoms with Crippen molar-refractivity contribution in [2.45, 2.75) is 60.8 Å². The molecule has 0 unspecified atom stereocenters. The summed E-state index contributed by atoms with van der Waals surface area (Å²) in [6.45, 7) is 13.4. The minimum Gasteiger partial charge on any atom is -0.0847 e. The third-order valence-corrected chi connectivity index (χ3v) is 4.23. The van der Waals surface area contributed by atoms with E-state index in [2.05, 4.69) is 78.0 Å². The molecule has 0 heterocycles. The maximum atomic E-state index is 2.36. The van der Waals surface area contributed by atoms with E-state index < -0.39 is 0 Å². The van der Waals surface area contributed by atoms with Gasteiger partial charge in [0, 0.05) is 0 Å². The van der Waals surface area contributed by atoms with Gasteiger partial charge in [-0.05, 0) is 57.9 Å². The Kier molecular flexibility index (Phi) is 6.26. The Balaban J connectivity index is 2.81. The van der Waals surface area contributed by atoms with Gasteiger partial charge in [0.1, 0.15) is 0 Å². The molecular weight excluding hydrogens is 240 g/mol. The second-order valence-corrected chi connectivity index (χ2v) is 6.57. The molecule has 0 aromatic rings. The van der Waals surface area contributed by atoms with Crippen LogP contribution in [0.5, 0.6) is 0 Å². The van der Waals surface area contributed by atoms with E-state index in [1.165, 1.54) is 36.0 Å². The molecule has 0 N–H and O–H groups in total. The van der Waals surface area contributed by atoms with E-state index in [1.54, 1.807) is 5.57 Å². The summed E-state index contributed by atoms with van der Waals surface area (Å²) in [7, 11) is 0. The number of hydrogen-bond donors (Lipinski definition) is 0. The Labute approximate surface area is 125 Å². The van der Waals surface area contributed by atoms with E-state index in [1.807, 2.05) is 0 Å². The molecule has 0 aromatic carbocycles. The molecule has 20 heavy (non-hydrogen) atoms. The molecule has 0 saturated heterocycles. The highest BCUT2D eigenvalue weighted by molar-refractivity contribution is 5.37. The van der Waals surface area contributed by atoms with E-state index in [0.29, 0.717) is 5.41 Å². The summed E-state index contributed by atoms with van der Waals surface area (Å²) in [4.78, 5) is 0. The summed E-state index contributed by atoms with van der Waals surface area (Å²) < 4.78 is 0. The van der Waals surface area contributed by atoms with Crippen LogP contribution in [0.25, 0.3) is 0 Å². The number of hydrogen-bond acceptors (Lipinski definition) is 0. The quantitative estimate of drug-likeness (QED) is 0.509. The van der Waals surface area contributed by atoms with Crippen molar-refractivity contribution >= 4 is 0 Å². The fourth-order valence-electron chi connectivity index (χ4n) is 2.73. The average molecular weight is 270 g/mol. The zero-order valence-corrected chi connectivity index (χ0v) is 14.1. The van der Waals surface area contributed by atoms with Crippen molar-refractivity contribution in [2.24, 2.45) is 5.41 Å². The van der Waals surface area contributed by atoms with Gasteiger partial charge >= 0.3 is 0 Å². The molecule has 0 heteroatoms. The van der Waals surface area contributed by atoms with Crippen LogP contribution in [0.15, 0.2) is 58.7 Å². The lowest BCUT2D eigenvalue weighted by atomic mass is 9.72. The molecule has 0 aliphatic heterocycles. The molecule has 0 spiro atoms. The Morgan fingerprint density at radius 3 is 2.40 bits per heavy atom. The lowest BCUT2D eigenvalue weighted by Crippen LogP contribution is -2.19. The van der Waals surface area contributed by atoms with Crippen LogP contribution >= 0.6 is 0 Å². The fraction of sp³-hybridized carbons (Fsp3) is 0.500. The maximum Gasteiger partial charge on any atom is -0.0104 e. The summed E-state index contributed by atoms with van der Waals surface area (Å²) in [5, 5.41) is 0. The molecular formula is C20H30. The Morgan fingerprint density at radius 2 is 1.80 bits per heavy atom. The van der Waals surface area contributed by atoms with Crippen LogP contribution in [0.4, 0.5) is 0 Å². The standard InChI is InChI=1S/C20H30/c1-7-16(2)10-8-11-17(3)13-14-19-18(4)12-9-15-20(19,5)6/h7-8,10-11,13-14H,9,12,15H2,1-6H3/b10-8+,14-13+,16-7+,17-11-. The van der Waals surface area contributed by atoms with Gasteiger partial charge in [0.15, 0.2) is 0 Å². The van der Waals surface area contributed by atoms with Crippen molar-refractivity contribution in [1.29, 1.82) is 0 Å². The number of rotatable bonds is 4. The summed E-state index contributed by atoms with van der Waals surface area (Å²) >= 11 is 0. The molecule has 110 valence electrons. The van der Waals surface area contributed by atoms with E-state index in [-0.39, 0.29) is 0 Å². The molecule has 1 rings (SSSR count). The topological polar surface area (TPSA) is 0 Å². The van der Waals surface area contributed by atoms with Crippen LogP contribution in [0.1, 0.15) is 60.8 Å². The summed E-state index contributed by atoms with van der Waals surface area (Å²) in [5.41, 5.74) is 6.02. The first-order valence-electron chi connectivity index (χ1n) is 7.73. The largest absolute Gasteiger partial charge is 0.0847 e. The second-order valence-electron chi connectivity index (χ2n) is 6.57. The van der Waals surface area contributed by atoms with Gasteiger partial charge in [0.25, 0.3) is 0 Å². The number of allylic oxidation sites excluding steroid dienone is 10. The SMILES string of the molecule is C/C=C(C)/C=C/C=C(C)\C=C\C1=C(C)CCCC1(C)C. The van der Waals surface area contributed by atoms with Crippen LogP contribution in [-0.4, -0.2) is 0 Å². The van der Waals surface area contributed by atoms with Crippen molar-refractivity contribution in [3.05, 3.63) is 58.7 Å².